The van der Waals surface area contributed by atoms with Gasteiger partial charge in [-0.1, -0.05) is 6.07 Å². The average Bonchev–Trinajstić information content (AvgIpc) is 2.91. The smallest absolute Gasteiger partial charge is 0.174 e. The van der Waals surface area contributed by atoms with Crippen LogP contribution in [0.4, 0.5) is 0 Å². The third kappa shape index (κ3) is 1.27. The molecule has 2 aliphatic carbocycles. The monoisotopic (exact) mass is 306 g/mol. The number of benzene rings is 1. The highest BCUT2D eigenvalue weighted by atomic mass is 16.5. The SMILES string of the molecule is [2H]C([2H])([2H])Oc1ccc2c3c1OC1C(=O)C([2H])([2H])C[C@H]4[C@H](N(C)CC[C@]314)C2([2H])[2H]. The second-order valence-electron chi connectivity index (χ2n) is 6.63. The van der Waals surface area contributed by atoms with E-state index in [4.69, 9.17) is 19.1 Å². The van der Waals surface area contributed by atoms with E-state index in [2.05, 4.69) is 0 Å². The molecule has 4 nitrogen and oxygen atoms in total. The van der Waals surface area contributed by atoms with E-state index in [-0.39, 0.29) is 17.9 Å². The van der Waals surface area contributed by atoms with Gasteiger partial charge < -0.3 is 14.4 Å². The average molecular weight is 306 g/mol. The summed E-state index contributed by atoms with van der Waals surface area (Å²) in [4.78, 5) is 15.0. The predicted molar refractivity (Wildman–Crippen MR) is 81.6 cm³/mol. The summed E-state index contributed by atoms with van der Waals surface area (Å²) in [5.74, 6) is -1.13. The van der Waals surface area contributed by atoms with Crippen LogP contribution >= 0.6 is 0 Å². The molecule has 0 radical (unpaired) electrons. The maximum Gasteiger partial charge on any atom is 0.174 e. The van der Waals surface area contributed by atoms with Crippen LogP contribution in [0, 0.1) is 5.92 Å². The second kappa shape index (κ2) is 4.05. The molecule has 1 spiro atoms. The van der Waals surface area contributed by atoms with Gasteiger partial charge in [0.05, 0.1) is 11.2 Å². The van der Waals surface area contributed by atoms with Crippen LogP contribution in [0.15, 0.2) is 12.1 Å². The standard InChI is InChI=1S/C18H21NO3/c1-19-8-7-18-11-4-5-13(20)17(18)22-16-14(21-2)6-3-10(15(16)18)9-12(11)19/h3,6,11-12,17H,4-5,7-9H2,1-2H3/t11-,12+,17?,18-/m0/s1/i2D3,5D2,9D2. The van der Waals surface area contributed by atoms with Crippen LogP contribution in [0.2, 0.25) is 0 Å². The third-order valence-corrected chi connectivity index (χ3v) is 5.83. The lowest BCUT2D eigenvalue weighted by Gasteiger charge is -2.57. The van der Waals surface area contributed by atoms with Crippen molar-refractivity contribution in [2.45, 2.75) is 43.1 Å². The van der Waals surface area contributed by atoms with E-state index >= 15 is 0 Å². The molecule has 0 amide bonds. The van der Waals surface area contributed by atoms with Crippen molar-refractivity contribution in [1.82, 2.24) is 4.90 Å². The van der Waals surface area contributed by atoms with Crippen LogP contribution in [0.3, 0.4) is 0 Å². The summed E-state index contributed by atoms with van der Waals surface area (Å²) in [7, 11) is -0.912. The van der Waals surface area contributed by atoms with Gasteiger partial charge in [-0.25, -0.2) is 0 Å². The predicted octanol–water partition coefficient (Wildman–Crippen LogP) is 1.93. The molecule has 1 aromatic carbocycles. The van der Waals surface area contributed by atoms with Crippen LogP contribution in [-0.2, 0) is 16.6 Å². The van der Waals surface area contributed by atoms with Gasteiger partial charge in [-0.2, -0.15) is 0 Å². The van der Waals surface area contributed by atoms with E-state index in [0.717, 1.165) is 0 Å². The molecule has 2 heterocycles. The Morgan fingerprint density at radius 2 is 2.45 bits per heavy atom. The molecule has 1 unspecified atom stereocenters. The summed E-state index contributed by atoms with van der Waals surface area (Å²) in [5, 5.41) is 0. The van der Waals surface area contributed by atoms with Gasteiger partial charge in [0, 0.05) is 28.9 Å². The molecule has 2 fully saturated rings. The largest absolute Gasteiger partial charge is 0.493 e. The molecule has 2 aliphatic heterocycles. The molecule has 4 aliphatic rings. The highest BCUT2D eigenvalue weighted by Crippen LogP contribution is 2.62. The summed E-state index contributed by atoms with van der Waals surface area (Å²) >= 11 is 0. The number of hydrogen-bond acceptors (Lipinski definition) is 4. The Hall–Kier alpha value is -1.55. The van der Waals surface area contributed by atoms with Gasteiger partial charge >= 0.3 is 0 Å². The van der Waals surface area contributed by atoms with Crippen LogP contribution in [0.1, 0.15) is 39.9 Å². The number of rotatable bonds is 1. The molecule has 0 aromatic heterocycles. The minimum absolute atomic E-state index is 0.0622. The van der Waals surface area contributed by atoms with Crippen molar-refractivity contribution in [1.29, 1.82) is 0 Å². The van der Waals surface area contributed by atoms with E-state index in [1.54, 1.807) is 0 Å². The van der Waals surface area contributed by atoms with Crippen molar-refractivity contribution >= 4 is 5.78 Å². The maximum absolute atomic E-state index is 13.1. The Bertz CT molecular complexity index is 931. The lowest BCUT2D eigenvalue weighted by molar-refractivity contribution is -0.138. The van der Waals surface area contributed by atoms with Gasteiger partial charge in [0.25, 0.3) is 0 Å². The number of methoxy groups -OCH3 is 1. The van der Waals surface area contributed by atoms with Gasteiger partial charge in [0.15, 0.2) is 23.4 Å². The third-order valence-electron chi connectivity index (χ3n) is 5.83. The number of hydrogen-bond donors (Lipinski definition) is 0. The van der Waals surface area contributed by atoms with Gasteiger partial charge in [-0.15, -0.1) is 0 Å². The molecule has 4 atom stereocenters. The van der Waals surface area contributed by atoms with Crippen LogP contribution in [0.25, 0.3) is 0 Å². The number of ketones is 1. The zero-order valence-corrected chi connectivity index (χ0v) is 12.2. The molecule has 1 aromatic rings. The van der Waals surface area contributed by atoms with Gasteiger partial charge in [-0.05, 0) is 50.4 Å². The van der Waals surface area contributed by atoms with Gasteiger partial charge in [-0.3, -0.25) is 4.79 Å². The zero-order chi connectivity index (χ0) is 21.1. The number of likely N-dealkylation sites (N-methyl/N-ethyl adjacent to an activating group) is 1. The fraction of sp³-hybridized carbons (Fsp3) is 0.611. The summed E-state index contributed by atoms with van der Waals surface area (Å²) < 4.78 is 67.8. The number of ether oxygens (including phenoxy) is 2. The topological polar surface area (TPSA) is 38.8 Å². The Morgan fingerprint density at radius 3 is 3.32 bits per heavy atom. The molecule has 5 rings (SSSR count). The minimum Gasteiger partial charge on any atom is -0.493 e. The summed E-state index contributed by atoms with van der Waals surface area (Å²) in [5.41, 5.74) is -0.00653. The Balaban J connectivity index is 1.82. The number of likely N-dealkylation sites (tertiary alicyclic amines) is 1. The normalized spacial score (nSPS) is 48.3. The van der Waals surface area contributed by atoms with Crippen molar-refractivity contribution in [3.05, 3.63) is 23.3 Å². The second-order valence-corrected chi connectivity index (χ2v) is 6.63. The summed E-state index contributed by atoms with van der Waals surface area (Å²) in [6, 6.07) is 2.30. The van der Waals surface area contributed by atoms with E-state index in [0.29, 0.717) is 24.1 Å². The number of carbonyl (C=O) groups excluding carboxylic acids is 1. The van der Waals surface area contributed by atoms with Gasteiger partial charge in [0.2, 0.25) is 0 Å². The quantitative estimate of drug-likeness (QED) is 0.795. The van der Waals surface area contributed by atoms with E-state index in [9.17, 15) is 4.79 Å². The van der Waals surface area contributed by atoms with Crippen LogP contribution < -0.4 is 9.47 Å². The van der Waals surface area contributed by atoms with Crippen molar-refractivity contribution in [2.75, 3.05) is 20.6 Å². The highest BCUT2D eigenvalue weighted by molar-refractivity contribution is 5.89. The molecule has 116 valence electrons. The van der Waals surface area contributed by atoms with Gasteiger partial charge in [0.1, 0.15) is 0 Å². The Morgan fingerprint density at radius 1 is 1.55 bits per heavy atom. The summed E-state index contributed by atoms with van der Waals surface area (Å²) in [6.07, 6.45) is -4.66. The molecule has 0 N–H and O–H groups in total. The van der Waals surface area contributed by atoms with Crippen LogP contribution in [-0.4, -0.2) is 43.5 Å². The molecular weight excluding hydrogens is 278 g/mol. The fourth-order valence-electron chi connectivity index (χ4n) is 4.86. The Kier molecular flexibility index (Phi) is 1.44. The summed E-state index contributed by atoms with van der Waals surface area (Å²) in [6.45, 7) is 0.528. The fourth-order valence-corrected chi connectivity index (χ4v) is 4.86. The van der Waals surface area contributed by atoms with E-state index in [1.165, 1.54) is 12.1 Å². The number of carbonyl (C=O) groups is 1. The highest BCUT2D eigenvalue weighted by Gasteiger charge is 2.65. The maximum atomic E-state index is 13.1. The molecule has 2 bridgehead atoms. The van der Waals surface area contributed by atoms with E-state index in [1.807, 2.05) is 11.9 Å². The molecular formula is C18H21NO3. The minimum atomic E-state index is -2.74. The number of piperidine rings is 1. The molecule has 1 saturated heterocycles. The lowest BCUT2D eigenvalue weighted by atomic mass is 9.52. The van der Waals surface area contributed by atoms with Crippen molar-refractivity contribution < 1.29 is 23.9 Å². The first-order valence-electron chi connectivity index (χ1n) is 11.1. The first-order valence-corrected chi connectivity index (χ1v) is 7.59. The first kappa shape index (κ1) is 7.82. The lowest BCUT2D eigenvalue weighted by Crippen LogP contribution is -2.65. The molecule has 22 heavy (non-hydrogen) atoms. The van der Waals surface area contributed by atoms with E-state index < -0.39 is 49.0 Å². The first-order chi connectivity index (χ1) is 13.3. The van der Waals surface area contributed by atoms with Crippen molar-refractivity contribution in [3.63, 3.8) is 0 Å². The molecule has 4 heteroatoms. The molecule has 1 saturated carbocycles. The van der Waals surface area contributed by atoms with Crippen molar-refractivity contribution in [3.8, 4) is 11.5 Å². The number of nitrogens with zero attached hydrogens (tertiary/aromatic N) is 1. The zero-order valence-electron chi connectivity index (χ0n) is 19.2. The van der Waals surface area contributed by atoms with Crippen molar-refractivity contribution in [2.24, 2.45) is 5.92 Å². The Labute approximate surface area is 140 Å². The number of Topliss-reactive ketones (excluding diaryl/α,β-unsaturated/α-hetero) is 1. The van der Waals surface area contributed by atoms with Crippen LogP contribution in [0.5, 0.6) is 11.5 Å².